The first-order chi connectivity index (χ1) is 18.8. The SMILES string of the molecule is COc1cnc(-c2cc(C3([C@](C)(ONC(=O)c4ccccc4)[C@@H]4CCN4C)CC3)c3ccc(C)nc3c2)nc1. The van der Waals surface area contributed by atoms with E-state index in [-0.39, 0.29) is 17.4 Å². The molecule has 0 unspecified atom stereocenters. The number of amides is 1. The number of rotatable bonds is 8. The number of fused-ring (bicyclic) bond motifs is 1. The molecule has 2 aromatic heterocycles. The fourth-order valence-corrected chi connectivity index (χ4v) is 6.09. The van der Waals surface area contributed by atoms with Crippen LogP contribution in [0.5, 0.6) is 5.75 Å². The number of methoxy groups -OCH3 is 1. The van der Waals surface area contributed by atoms with Crippen LogP contribution in [0.15, 0.2) is 67.0 Å². The van der Waals surface area contributed by atoms with E-state index in [2.05, 4.69) is 58.6 Å². The highest BCUT2D eigenvalue weighted by atomic mass is 16.7. The lowest BCUT2D eigenvalue weighted by molar-refractivity contribution is -0.167. The van der Waals surface area contributed by atoms with Crippen LogP contribution in [0.1, 0.15) is 47.8 Å². The molecule has 2 aliphatic rings. The normalized spacial score (nSPS) is 19.6. The first kappa shape index (κ1) is 25.4. The minimum Gasteiger partial charge on any atom is -0.494 e. The number of nitrogens with zero attached hydrogens (tertiary/aromatic N) is 4. The van der Waals surface area contributed by atoms with Crippen LogP contribution in [-0.4, -0.2) is 58.1 Å². The molecule has 8 heteroatoms. The van der Waals surface area contributed by atoms with E-state index in [9.17, 15) is 4.79 Å². The summed E-state index contributed by atoms with van der Waals surface area (Å²) in [6, 6.07) is 17.8. The highest BCUT2D eigenvalue weighted by Crippen LogP contribution is 2.61. The van der Waals surface area contributed by atoms with Crippen LogP contribution >= 0.6 is 0 Å². The second-order valence-corrected chi connectivity index (χ2v) is 10.9. The second kappa shape index (κ2) is 9.70. The molecule has 39 heavy (non-hydrogen) atoms. The van der Waals surface area contributed by atoms with Gasteiger partial charge in [0.2, 0.25) is 0 Å². The maximum atomic E-state index is 13.0. The lowest BCUT2D eigenvalue weighted by atomic mass is 9.70. The van der Waals surface area contributed by atoms with Gasteiger partial charge in [0.15, 0.2) is 11.6 Å². The molecule has 3 heterocycles. The summed E-state index contributed by atoms with van der Waals surface area (Å²) in [6.07, 6.45) is 6.22. The molecular formula is C31H33N5O3. The zero-order chi connectivity index (χ0) is 27.2. The van der Waals surface area contributed by atoms with Gasteiger partial charge in [-0.15, -0.1) is 0 Å². The van der Waals surface area contributed by atoms with Gasteiger partial charge in [0.05, 0.1) is 25.0 Å². The standard InChI is InChI=1S/C31H33N5O3/c1-20-10-11-24-25(16-22(17-26(24)34-20)28-32-18-23(38-4)19-33-28)31(13-14-31)30(2,27-12-15-36(27)3)39-35-29(37)21-8-6-5-7-9-21/h5-11,16-19,27H,12-15H2,1-4H3,(H,35,37)/t27-,30+/m0/s1. The zero-order valence-corrected chi connectivity index (χ0v) is 22.8. The van der Waals surface area contributed by atoms with E-state index in [1.165, 1.54) is 0 Å². The Balaban J connectivity index is 1.45. The molecule has 2 aromatic carbocycles. The van der Waals surface area contributed by atoms with Gasteiger partial charge in [-0.25, -0.2) is 15.4 Å². The van der Waals surface area contributed by atoms with E-state index in [1.807, 2.05) is 25.1 Å². The van der Waals surface area contributed by atoms with Crippen LogP contribution in [0.2, 0.25) is 0 Å². The van der Waals surface area contributed by atoms with Crippen molar-refractivity contribution in [1.29, 1.82) is 0 Å². The van der Waals surface area contributed by atoms with E-state index in [0.29, 0.717) is 17.1 Å². The number of pyridine rings is 1. The number of carbonyl (C=O) groups excluding carboxylic acids is 1. The zero-order valence-electron chi connectivity index (χ0n) is 22.8. The van der Waals surface area contributed by atoms with Crippen LogP contribution in [0.3, 0.4) is 0 Å². The molecule has 0 bridgehead atoms. The Morgan fingerprint density at radius 2 is 1.85 bits per heavy atom. The molecule has 1 aliphatic carbocycles. The minimum atomic E-state index is -0.679. The van der Waals surface area contributed by atoms with E-state index >= 15 is 0 Å². The topological polar surface area (TPSA) is 89.5 Å². The quantitative estimate of drug-likeness (QED) is 0.330. The number of aryl methyl sites for hydroxylation is 1. The Morgan fingerprint density at radius 1 is 1.10 bits per heavy atom. The summed E-state index contributed by atoms with van der Waals surface area (Å²) in [7, 11) is 3.72. The van der Waals surface area contributed by atoms with Gasteiger partial charge in [-0.05, 0) is 82.6 Å². The first-order valence-corrected chi connectivity index (χ1v) is 13.4. The molecule has 8 nitrogen and oxygen atoms in total. The first-order valence-electron chi connectivity index (χ1n) is 13.4. The lowest BCUT2D eigenvalue weighted by Crippen LogP contribution is -2.65. The number of ether oxygens (including phenoxy) is 1. The molecule has 6 rings (SSSR count). The van der Waals surface area contributed by atoms with Gasteiger partial charge in [0.25, 0.3) is 5.91 Å². The lowest BCUT2D eigenvalue weighted by Gasteiger charge is -2.52. The number of likely N-dealkylation sites (tertiary alicyclic amines) is 1. The monoisotopic (exact) mass is 523 g/mol. The number of likely N-dealkylation sites (N-methyl/N-ethyl adjacent to an activating group) is 1. The molecule has 1 aliphatic heterocycles. The smallest absolute Gasteiger partial charge is 0.274 e. The maximum absolute atomic E-state index is 13.0. The highest BCUT2D eigenvalue weighted by Gasteiger charge is 2.65. The fraction of sp³-hybridized carbons (Fsp3) is 0.355. The van der Waals surface area contributed by atoms with Crippen molar-refractivity contribution in [3.8, 4) is 17.1 Å². The molecule has 1 amide bonds. The summed E-state index contributed by atoms with van der Waals surface area (Å²) in [5.41, 5.74) is 6.26. The molecular weight excluding hydrogens is 490 g/mol. The average Bonchev–Trinajstić information content (AvgIpc) is 3.77. The molecule has 0 radical (unpaired) electrons. The second-order valence-electron chi connectivity index (χ2n) is 10.9. The van der Waals surface area contributed by atoms with Crippen molar-refractivity contribution in [2.75, 3.05) is 20.7 Å². The van der Waals surface area contributed by atoms with Crippen molar-refractivity contribution in [1.82, 2.24) is 25.3 Å². The molecule has 1 saturated heterocycles. The molecule has 1 N–H and O–H groups in total. The van der Waals surface area contributed by atoms with Gasteiger partial charge >= 0.3 is 0 Å². The van der Waals surface area contributed by atoms with Crippen molar-refractivity contribution in [3.63, 3.8) is 0 Å². The molecule has 200 valence electrons. The number of carbonyl (C=O) groups is 1. The molecule has 0 spiro atoms. The summed E-state index contributed by atoms with van der Waals surface area (Å²) in [5, 5.41) is 1.08. The van der Waals surface area contributed by atoms with Gasteiger partial charge in [-0.3, -0.25) is 14.6 Å². The van der Waals surface area contributed by atoms with Gasteiger partial charge in [-0.2, -0.15) is 0 Å². The number of aromatic nitrogens is 3. The van der Waals surface area contributed by atoms with Crippen LogP contribution in [0, 0.1) is 6.92 Å². The minimum absolute atomic E-state index is 0.144. The molecule has 1 saturated carbocycles. The molecule has 2 fully saturated rings. The predicted molar refractivity (Wildman–Crippen MR) is 149 cm³/mol. The third kappa shape index (κ3) is 4.33. The Hall–Kier alpha value is -3.88. The van der Waals surface area contributed by atoms with E-state index in [4.69, 9.17) is 14.6 Å². The van der Waals surface area contributed by atoms with Gasteiger partial charge in [0.1, 0.15) is 5.60 Å². The Morgan fingerprint density at radius 3 is 2.46 bits per heavy atom. The number of hydrogen-bond acceptors (Lipinski definition) is 7. The predicted octanol–water partition coefficient (Wildman–Crippen LogP) is 4.86. The van der Waals surface area contributed by atoms with Crippen molar-refractivity contribution >= 4 is 16.8 Å². The Kier molecular flexibility index (Phi) is 6.32. The van der Waals surface area contributed by atoms with E-state index in [1.54, 1.807) is 31.6 Å². The summed E-state index contributed by atoms with van der Waals surface area (Å²) in [5.74, 6) is 0.969. The van der Waals surface area contributed by atoms with Gasteiger partial charge in [-0.1, -0.05) is 24.3 Å². The van der Waals surface area contributed by atoms with Crippen LogP contribution < -0.4 is 10.2 Å². The molecule has 4 aromatic rings. The number of nitrogens with one attached hydrogen (secondary N) is 1. The fourth-order valence-electron chi connectivity index (χ4n) is 6.09. The third-order valence-electron chi connectivity index (χ3n) is 8.60. The van der Waals surface area contributed by atoms with Crippen LogP contribution in [0.25, 0.3) is 22.3 Å². The van der Waals surface area contributed by atoms with E-state index in [0.717, 1.165) is 53.5 Å². The number of hydrogen-bond donors (Lipinski definition) is 1. The summed E-state index contributed by atoms with van der Waals surface area (Å²) >= 11 is 0. The number of benzene rings is 2. The summed E-state index contributed by atoms with van der Waals surface area (Å²) in [4.78, 5) is 35.9. The highest BCUT2D eigenvalue weighted by molar-refractivity contribution is 5.93. The van der Waals surface area contributed by atoms with Gasteiger partial charge < -0.3 is 9.64 Å². The van der Waals surface area contributed by atoms with Crippen molar-refractivity contribution in [2.24, 2.45) is 0 Å². The van der Waals surface area contributed by atoms with Crippen molar-refractivity contribution in [2.45, 2.75) is 50.2 Å². The van der Waals surface area contributed by atoms with Crippen LogP contribution in [0.4, 0.5) is 0 Å². The van der Waals surface area contributed by atoms with Crippen molar-refractivity contribution in [3.05, 3.63) is 83.8 Å². The summed E-state index contributed by atoms with van der Waals surface area (Å²) in [6.45, 7) is 5.14. The van der Waals surface area contributed by atoms with E-state index < -0.39 is 5.60 Å². The average molecular weight is 524 g/mol. The molecule has 2 atom stereocenters. The van der Waals surface area contributed by atoms with Gasteiger partial charge in [0, 0.05) is 33.7 Å². The summed E-state index contributed by atoms with van der Waals surface area (Å²) < 4.78 is 5.26. The largest absolute Gasteiger partial charge is 0.494 e. The Bertz CT molecular complexity index is 1520. The maximum Gasteiger partial charge on any atom is 0.274 e. The third-order valence-corrected chi connectivity index (χ3v) is 8.60. The van der Waals surface area contributed by atoms with Crippen molar-refractivity contribution < 1.29 is 14.4 Å². The number of hydroxylamine groups is 1. The Labute approximate surface area is 228 Å². The van der Waals surface area contributed by atoms with Crippen LogP contribution in [-0.2, 0) is 10.3 Å².